The topological polar surface area (TPSA) is 134 Å². The molecule has 29 heavy (non-hydrogen) atoms. The smallest absolute Gasteiger partial charge is 0.226 e. The van der Waals surface area contributed by atoms with Crippen molar-refractivity contribution in [3.8, 4) is 5.88 Å². The Hall–Kier alpha value is -1.78. The highest BCUT2D eigenvalue weighted by Crippen LogP contribution is 2.40. The summed E-state index contributed by atoms with van der Waals surface area (Å²) >= 11 is 0. The molecule has 2 saturated carbocycles. The second-order valence-corrected chi connectivity index (χ2v) is 10.00. The molecule has 3 rings (SSSR count). The molecule has 2 fully saturated rings. The first kappa shape index (κ1) is 21.9. The number of methoxy groups -OCH3 is 1. The van der Waals surface area contributed by atoms with Crippen LogP contribution in [0.25, 0.3) is 0 Å². The molecule has 2 atom stereocenters. The number of ether oxygens (including phenoxy) is 2. The van der Waals surface area contributed by atoms with Crippen LogP contribution in [0.15, 0.2) is 12.3 Å². The molecule has 0 aliphatic heterocycles. The van der Waals surface area contributed by atoms with Crippen molar-refractivity contribution in [2.75, 3.05) is 20.0 Å². The minimum atomic E-state index is -3.32. The van der Waals surface area contributed by atoms with Crippen LogP contribution in [-0.4, -0.2) is 56.4 Å². The van der Waals surface area contributed by atoms with Gasteiger partial charge in [-0.3, -0.25) is 4.79 Å². The summed E-state index contributed by atoms with van der Waals surface area (Å²) in [5, 5.41) is 0. The van der Waals surface area contributed by atoms with E-state index < -0.39 is 21.3 Å². The van der Waals surface area contributed by atoms with Crippen molar-refractivity contribution in [1.82, 2.24) is 14.7 Å². The lowest BCUT2D eigenvalue weighted by molar-refractivity contribution is -0.133. The Labute approximate surface area is 171 Å². The summed E-state index contributed by atoms with van der Waals surface area (Å²) in [6.07, 6.45) is 7.88. The monoisotopic (exact) mass is 426 g/mol. The SMILES string of the molecule is COc1ccnc([C@H]2CC[C@@H](OC[C@]3(C(N)=O)CC[C@H](NS(C)(=O)=O)C3)CC2)n1. The van der Waals surface area contributed by atoms with Crippen LogP contribution in [0.5, 0.6) is 5.88 Å². The minimum Gasteiger partial charge on any atom is -0.481 e. The van der Waals surface area contributed by atoms with Crippen molar-refractivity contribution in [3.05, 3.63) is 18.1 Å². The normalized spacial score (nSPS) is 30.2. The van der Waals surface area contributed by atoms with Gasteiger partial charge < -0.3 is 15.2 Å². The van der Waals surface area contributed by atoms with E-state index in [-0.39, 0.29) is 24.7 Å². The van der Waals surface area contributed by atoms with Gasteiger partial charge in [0.05, 0.1) is 31.5 Å². The van der Waals surface area contributed by atoms with Gasteiger partial charge in [-0.2, -0.15) is 4.98 Å². The molecule has 3 N–H and O–H groups in total. The van der Waals surface area contributed by atoms with Crippen molar-refractivity contribution in [3.63, 3.8) is 0 Å². The van der Waals surface area contributed by atoms with E-state index >= 15 is 0 Å². The Morgan fingerprint density at radius 1 is 1.31 bits per heavy atom. The molecule has 0 saturated heterocycles. The number of sulfonamides is 1. The third-order valence-electron chi connectivity index (χ3n) is 6.00. The molecule has 2 aliphatic rings. The molecule has 0 aromatic carbocycles. The molecule has 1 heterocycles. The Bertz CT molecular complexity index is 826. The van der Waals surface area contributed by atoms with Gasteiger partial charge >= 0.3 is 0 Å². The third-order valence-corrected chi connectivity index (χ3v) is 6.77. The fourth-order valence-electron chi connectivity index (χ4n) is 4.39. The minimum absolute atomic E-state index is 0.0509. The maximum Gasteiger partial charge on any atom is 0.226 e. The number of amides is 1. The van der Waals surface area contributed by atoms with Gasteiger partial charge in [-0.25, -0.2) is 18.1 Å². The summed E-state index contributed by atoms with van der Waals surface area (Å²) in [5.41, 5.74) is 4.86. The lowest BCUT2D eigenvalue weighted by Crippen LogP contribution is -2.42. The second kappa shape index (κ2) is 8.93. The fourth-order valence-corrected chi connectivity index (χ4v) is 5.19. The van der Waals surface area contributed by atoms with Crippen LogP contribution in [0.1, 0.15) is 56.7 Å². The highest BCUT2D eigenvalue weighted by molar-refractivity contribution is 7.88. The number of primary amides is 1. The number of carbonyl (C=O) groups excluding carboxylic acids is 1. The fraction of sp³-hybridized carbons (Fsp3) is 0.737. The van der Waals surface area contributed by atoms with Crippen LogP contribution in [-0.2, 0) is 19.6 Å². The van der Waals surface area contributed by atoms with Crippen LogP contribution in [0.3, 0.4) is 0 Å². The van der Waals surface area contributed by atoms with Crippen molar-refractivity contribution in [2.24, 2.45) is 11.1 Å². The molecule has 1 aromatic rings. The lowest BCUT2D eigenvalue weighted by Gasteiger charge is -2.32. The molecule has 9 nitrogen and oxygen atoms in total. The van der Waals surface area contributed by atoms with E-state index in [0.717, 1.165) is 37.8 Å². The standard InChI is InChI=1S/C19H30N4O5S/c1-27-16-8-10-21-17(22-16)13-3-5-15(6-4-13)28-12-19(18(20)24)9-7-14(11-19)23-29(2,25)26/h8,10,13-15,23H,3-7,9,11-12H2,1-2H3,(H2,20,24)/t13-,14-,15+,19-/m0/s1. The van der Waals surface area contributed by atoms with Gasteiger partial charge in [0.25, 0.3) is 0 Å². The number of aromatic nitrogens is 2. The predicted octanol–water partition coefficient (Wildman–Crippen LogP) is 1.10. The van der Waals surface area contributed by atoms with Gasteiger partial charge in [-0.05, 0) is 44.9 Å². The van der Waals surface area contributed by atoms with E-state index in [1.165, 1.54) is 0 Å². The van der Waals surface area contributed by atoms with E-state index in [9.17, 15) is 13.2 Å². The summed E-state index contributed by atoms with van der Waals surface area (Å²) in [7, 11) is -1.73. The summed E-state index contributed by atoms with van der Waals surface area (Å²) in [6.45, 7) is 0.231. The Morgan fingerprint density at radius 2 is 2.03 bits per heavy atom. The van der Waals surface area contributed by atoms with Crippen LogP contribution in [0.4, 0.5) is 0 Å². The van der Waals surface area contributed by atoms with Crippen molar-refractivity contribution in [2.45, 2.75) is 63.0 Å². The Balaban J connectivity index is 1.52. The summed E-state index contributed by atoms with van der Waals surface area (Å²) in [5.74, 6) is 1.20. The molecule has 162 valence electrons. The molecule has 0 radical (unpaired) electrons. The molecule has 1 aromatic heterocycles. The van der Waals surface area contributed by atoms with E-state index in [4.69, 9.17) is 15.2 Å². The molecule has 0 unspecified atom stereocenters. The van der Waals surface area contributed by atoms with Crippen LogP contribution < -0.4 is 15.2 Å². The van der Waals surface area contributed by atoms with Crippen LogP contribution in [0.2, 0.25) is 0 Å². The maximum atomic E-state index is 12.1. The van der Waals surface area contributed by atoms with E-state index in [0.29, 0.717) is 25.1 Å². The van der Waals surface area contributed by atoms with Crippen molar-refractivity contribution < 1.29 is 22.7 Å². The summed E-state index contributed by atoms with van der Waals surface area (Å²) < 4.78 is 36.8. The highest BCUT2D eigenvalue weighted by atomic mass is 32.2. The average molecular weight is 427 g/mol. The molecule has 0 bridgehead atoms. The van der Waals surface area contributed by atoms with Gasteiger partial charge in [0, 0.05) is 24.2 Å². The first-order valence-electron chi connectivity index (χ1n) is 9.96. The van der Waals surface area contributed by atoms with Crippen molar-refractivity contribution in [1.29, 1.82) is 0 Å². The molecule has 0 spiro atoms. The van der Waals surface area contributed by atoms with Crippen molar-refractivity contribution >= 4 is 15.9 Å². The quantitative estimate of drug-likeness (QED) is 0.636. The predicted molar refractivity (Wildman–Crippen MR) is 107 cm³/mol. The summed E-state index contributed by atoms with van der Waals surface area (Å²) in [4.78, 5) is 20.9. The van der Waals surface area contributed by atoms with Crippen LogP contribution in [0, 0.1) is 5.41 Å². The largest absolute Gasteiger partial charge is 0.481 e. The molecule has 10 heteroatoms. The zero-order chi connectivity index (χ0) is 21.1. The third kappa shape index (κ3) is 5.64. The number of rotatable bonds is 8. The molecular weight excluding hydrogens is 396 g/mol. The van der Waals surface area contributed by atoms with Gasteiger partial charge in [0.1, 0.15) is 5.82 Å². The molecule has 2 aliphatic carbocycles. The zero-order valence-corrected chi connectivity index (χ0v) is 17.8. The Morgan fingerprint density at radius 3 is 2.66 bits per heavy atom. The number of carbonyl (C=O) groups is 1. The van der Waals surface area contributed by atoms with E-state index in [2.05, 4.69) is 14.7 Å². The molecule has 1 amide bonds. The van der Waals surface area contributed by atoms with Crippen LogP contribution >= 0.6 is 0 Å². The molecular formula is C19H30N4O5S. The number of hydrogen-bond donors (Lipinski definition) is 2. The van der Waals surface area contributed by atoms with Gasteiger partial charge in [-0.15, -0.1) is 0 Å². The number of nitrogens with two attached hydrogens (primary N) is 1. The average Bonchev–Trinajstić information content (AvgIpc) is 3.09. The zero-order valence-electron chi connectivity index (χ0n) is 17.0. The maximum absolute atomic E-state index is 12.1. The Kier molecular flexibility index (Phi) is 6.75. The van der Waals surface area contributed by atoms with E-state index in [1.807, 2.05) is 0 Å². The first-order chi connectivity index (χ1) is 13.7. The highest BCUT2D eigenvalue weighted by Gasteiger charge is 2.45. The van der Waals surface area contributed by atoms with E-state index in [1.54, 1.807) is 19.4 Å². The number of hydrogen-bond acceptors (Lipinski definition) is 7. The number of nitrogens with zero attached hydrogens (tertiary/aromatic N) is 2. The second-order valence-electron chi connectivity index (χ2n) is 8.22. The van der Waals surface area contributed by atoms with Gasteiger partial charge in [0.15, 0.2) is 0 Å². The first-order valence-corrected chi connectivity index (χ1v) is 11.9. The van der Waals surface area contributed by atoms with Gasteiger partial charge in [-0.1, -0.05) is 0 Å². The van der Waals surface area contributed by atoms with Gasteiger partial charge in [0.2, 0.25) is 21.8 Å². The number of nitrogens with one attached hydrogen (secondary N) is 1. The lowest BCUT2D eigenvalue weighted by atomic mass is 9.84. The summed E-state index contributed by atoms with van der Waals surface area (Å²) in [6, 6.07) is 1.46.